The Morgan fingerprint density at radius 2 is 1.44 bits per heavy atom. The maximum Gasteiger partial charge on any atom is 0.307 e. The lowest BCUT2D eigenvalue weighted by molar-refractivity contribution is -2.00. The number of hydrogen-bond donors (Lipinski definition) is 1. The second kappa shape index (κ2) is 9.11. The third-order valence-corrected chi connectivity index (χ3v) is 5.08. The molecule has 2 aromatic heterocycles. The van der Waals surface area contributed by atoms with E-state index in [1.165, 1.54) is 5.56 Å². The van der Waals surface area contributed by atoms with E-state index in [0.29, 0.717) is 16.6 Å². The number of halogens is 1. The largest absolute Gasteiger partial charge is 0.307 e. The number of para-hydroxylation sites is 3. The number of pyridine rings is 1. The summed E-state index contributed by atoms with van der Waals surface area (Å²) in [6.07, 6.45) is 0. The Morgan fingerprint density at radius 3 is 2.06 bits per heavy atom. The van der Waals surface area contributed by atoms with E-state index in [9.17, 15) is 4.79 Å². The summed E-state index contributed by atoms with van der Waals surface area (Å²) in [7, 11) is -4.94. The van der Waals surface area contributed by atoms with Crippen LogP contribution in [0, 0.1) is 37.9 Å². The van der Waals surface area contributed by atoms with Gasteiger partial charge in [0.25, 0.3) is 0 Å². The van der Waals surface area contributed by atoms with Crippen LogP contribution < -0.4 is 28.7 Å². The fourth-order valence-electron chi connectivity index (χ4n) is 3.36. The second-order valence-corrected chi connectivity index (χ2v) is 7.97. The van der Waals surface area contributed by atoms with Crippen molar-refractivity contribution in [1.82, 2.24) is 9.97 Å². The number of hydrogen-bond acceptors (Lipinski definition) is 7. The van der Waals surface area contributed by atoms with Crippen molar-refractivity contribution in [3.8, 4) is 0 Å². The summed E-state index contributed by atoms with van der Waals surface area (Å²) in [5.74, 6) is -0.204. The van der Waals surface area contributed by atoms with Crippen LogP contribution in [-0.4, -0.2) is 15.9 Å². The lowest BCUT2D eigenvalue weighted by atomic mass is 10.1. The number of aryl methyl sites for hydroxylation is 2. The minimum absolute atomic E-state index is 0.204. The smallest absolute Gasteiger partial charge is 0.263 e. The van der Waals surface area contributed by atoms with Gasteiger partial charge in [-0.25, -0.2) is 28.6 Å². The zero-order valence-electron chi connectivity index (χ0n) is 17.9. The highest BCUT2D eigenvalue weighted by atomic mass is 35.7. The highest BCUT2D eigenvalue weighted by Crippen LogP contribution is 2.19. The van der Waals surface area contributed by atoms with Crippen molar-refractivity contribution in [1.29, 1.82) is 0 Å². The summed E-state index contributed by atoms with van der Waals surface area (Å²) >= 11 is 0. The third kappa shape index (κ3) is 5.34. The van der Waals surface area contributed by atoms with Gasteiger partial charge in [-0.1, -0.05) is 22.9 Å². The molecule has 0 saturated carbocycles. The van der Waals surface area contributed by atoms with Crippen molar-refractivity contribution in [2.75, 3.05) is 5.43 Å². The van der Waals surface area contributed by atoms with E-state index in [1.807, 2.05) is 54.9 Å². The lowest BCUT2D eigenvalue weighted by Gasteiger charge is -2.17. The van der Waals surface area contributed by atoms with Crippen LogP contribution in [0.2, 0.25) is 0 Å². The van der Waals surface area contributed by atoms with E-state index in [1.54, 1.807) is 6.07 Å². The number of aromatic nitrogens is 3. The summed E-state index contributed by atoms with van der Waals surface area (Å²) < 4.78 is 35.8. The van der Waals surface area contributed by atoms with E-state index < -0.39 is 10.2 Å². The summed E-state index contributed by atoms with van der Waals surface area (Å²) in [5.41, 5.74) is 10.8. The summed E-state index contributed by atoms with van der Waals surface area (Å²) in [6, 6.07) is 15.3. The number of benzene rings is 2. The van der Waals surface area contributed by atoms with Gasteiger partial charge in [-0.05, 0) is 43.7 Å². The molecule has 0 bridgehead atoms. The Morgan fingerprint density at radius 1 is 0.875 bits per heavy atom. The van der Waals surface area contributed by atoms with Gasteiger partial charge in [-0.15, -0.1) is 15.7 Å². The SMILES string of the molecule is Cc1cc(C)[n+](NC(=O)c2cccc3nc4ccccc4nc23)c(C)c1C.[O-][Cl+3]([O-])([O-])[O-]. The molecule has 0 aliphatic rings. The Labute approximate surface area is 186 Å². The molecule has 1 amide bonds. The van der Waals surface area contributed by atoms with Crippen LogP contribution in [0.5, 0.6) is 0 Å². The third-order valence-electron chi connectivity index (χ3n) is 5.08. The molecule has 0 aliphatic carbocycles. The normalized spacial score (nSPS) is 11.2. The van der Waals surface area contributed by atoms with E-state index >= 15 is 0 Å². The first-order valence-electron chi connectivity index (χ1n) is 9.54. The molecule has 4 aromatic rings. The quantitative estimate of drug-likeness (QED) is 0.298. The second-order valence-electron chi connectivity index (χ2n) is 7.22. The van der Waals surface area contributed by atoms with Gasteiger partial charge in [0.1, 0.15) is 5.52 Å². The molecule has 32 heavy (non-hydrogen) atoms. The maximum atomic E-state index is 13.1. The lowest BCUT2D eigenvalue weighted by Crippen LogP contribution is -2.68. The van der Waals surface area contributed by atoms with Crippen molar-refractivity contribution in [3.05, 3.63) is 76.6 Å². The highest BCUT2D eigenvalue weighted by Gasteiger charge is 2.21. The van der Waals surface area contributed by atoms with E-state index in [2.05, 4.69) is 35.3 Å². The van der Waals surface area contributed by atoms with Gasteiger partial charge in [0.15, 0.2) is 0 Å². The predicted octanol–water partition coefficient (Wildman–Crippen LogP) is -1.07. The molecular weight excluding hydrogens is 436 g/mol. The van der Waals surface area contributed by atoms with E-state index in [4.69, 9.17) is 18.6 Å². The van der Waals surface area contributed by atoms with Crippen LogP contribution in [0.3, 0.4) is 0 Å². The molecule has 0 radical (unpaired) electrons. The van der Waals surface area contributed by atoms with Crippen LogP contribution in [0.1, 0.15) is 32.9 Å². The zero-order chi connectivity index (χ0) is 23.6. The molecular formula is C22H21ClN4O5. The molecule has 1 N–H and O–H groups in total. The average Bonchev–Trinajstić information content (AvgIpc) is 2.72. The van der Waals surface area contributed by atoms with Gasteiger partial charge in [-0.3, -0.25) is 4.79 Å². The standard InChI is InChI=1S/C22H20N4O.ClHO4/c1-13-12-14(2)26(16(4)15(13)3)25-22(27)17-8-7-11-20-21(17)24-19-10-6-5-9-18(19)23-20;2-1(3,4)5/h5-12H,1-4H3;(H,2,3,4,5). The van der Waals surface area contributed by atoms with Crippen LogP contribution in [-0.2, 0) is 0 Å². The minimum atomic E-state index is -4.94. The molecule has 2 heterocycles. The fraction of sp³-hybridized carbons (Fsp3) is 0.182. The molecule has 0 spiro atoms. The molecule has 2 aromatic carbocycles. The Bertz CT molecular complexity index is 1320. The number of nitrogens with one attached hydrogen (secondary N) is 1. The van der Waals surface area contributed by atoms with Gasteiger partial charge in [0.05, 0.1) is 22.1 Å². The van der Waals surface area contributed by atoms with Crippen LogP contribution in [0.15, 0.2) is 48.5 Å². The summed E-state index contributed by atoms with van der Waals surface area (Å²) in [5, 5.41) is 0. The van der Waals surface area contributed by atoms with E-state index in [0.717, 1.165) is 28.0 Å². The predicted molar refractivity (Wildman–Crippen MR) is 106 cm³/mol. The Kier molecular flexibility index (Phi) is 6.68. The van der Waals surface area contributed by atoms with Crippen molar-refractivity contribution in [2.24, 2.45) is 0 Å². The van der Waals surface area contributed by atoms with Gasteiger partial charge >= 0.3 is 5.91 Å². The summed E-state index contributed by atoms with van der Waals surface area (Å²) in [4.78, 5) is 22.4. The number of rotatable bonds is 2. The zero-order valence-corrected chi connectivity index (χ0v) is 18.6. The Hall–Kier alpha value is -3.21. The fourth-order valence-corrected chi connectivity index (χ4v) is 3.36. The van der Waals surface area contributed by atoms with Crippen LogP contribution in [0.4, 0.5) is 0 Å². The number of fused-ring (bicyclic) bond motifs is 2. The number of carbonyl (C=O) groups is 1. The van der Waals surface area contributed by atoms with Gasteiger partial charge < -0.3 is 0 Å². The molecule has 9 nitrogen and oxygen atoms in total. The average molecular weight is 457 g/mol. The first kappa shape index (κ1) is 23.5. The van der Waals surface area contributed by atoms with Crippen molar-refractivity contribution in [2.45, 2.75) is 27.7 Å². The highest BCUT2D eigenvalue weighted by molar-refractivity contribution is 6.08. The number of nitrogens with zero attached hydrogens (tertiary/aromatic N) is 3. The number of amides is 1. The molecule has 0 unspecified atom stereocenters. The molecule has 4 rings (SSSR count). The van der Waals surface area contributed by atoms with Crippen molar-refractivity contribution in [3.63, 3.8) is 0 Å². The van der Waals surface area contributed by atoms with Crippen LogP contribution >= 0.6 is 0 Å². The van der Waals surface area contributed by atoms with Crippen LogP contribution in [0.25, 0.3) is 22.1 Å². The Balaban J connectivity index is 0.000000523. The molecule has 0 saturated heterocycles. The topological polar surface area (TPSA) is 151 Å². The van der Waals surface area contributed by atoms with Gasteiger partial charge in [0, 0.05) is 25.5 Å². The van der Waals surface area contributed by atoms with E-state index in [-0.39, 0.29) is 5.91 Å². The monoisotopic (exact) mass is 456 g/mol. The van der Waals surface area contributed by atoms with Crippen molar-refractivity contribution < 1.29 is 38.3 Å². The molecule has 0 fully saturated rings. The maximum absolute atomic E-state index is 13.1. The van der Waals surface area contributed by atoms with Gasteiger partial charge in [0.2, 0.25) is 11.4 Å². The summed E-state index contributed by atoms with van der Waals surface area (Å²) in [6.45, 7) is 8.12. The molecule has 10 heteroatoms. The number of carbonyl (C=O) groups excluding carboxylic acids is 1. The molecule has 0 aliphatic heterocycles. The minimum Gasteiger partial charge on any atom is -0.263 e. The molecule has 166 valence electrons. The van der Waals surface area contributed by atoms with Gasteiger partial charge in [-0.2, -0.15) is 0 Å². The van der Waals surface area contributed by atoms with Crippen molar-refractivity contribution >= 4 is 28.0 Å². The first-order chi connectivity index (χ1) is 15.0. The molecule has 0 atom stereocenters. The first-order valence-corrected chi connectivity index (χ1v) is 10.8.